The van der Waals surface area contributed by atoms with Gasteiger partial charge in [-0.2, -0.15) is 0 Å². The first-order valence-corrected chi connectivity index (χ1v) is 13.9. The summed E-state index contributed by atoms with van der Waals surface area (Å²) in [6.07, 6.45) is 3.96. The Morgan fingerprint density at radius 1 is 1.03 bits per heavy atom. The third-order valence-electron chi connectivity index (χ3n) is 8.91. The number of carbonyl (C=O) groups is 3. The van der Waals surface area contributed by atoms with Gasteiger partial charge in [-0.15, -0.1) is 0 Å². The molecular weight excluding hydrogens is 497 g/mol. The van der Waals surface area contributed by atoms with Crippen LogP contribution in [-0.2, 0) is 55.1 Å². The van der Waals surface area contributed by atoms with Crippen LogP contribution in [0.25, 0.3) is 0 Å². The van der Waals surface area contributed by atoms with Gasteiger partial charge in [0.2, 0.25) is 5.91 Å². The minimum Gasteiger partial charge on any atom is -0.469 e. The molecule has 0 radical (unpaired) electrons. The molecule has 1 amide bonds. The summed E-state index contributed by atoms with van der Waals surface area (Å²) in [6, 6.07) is 8.72. The van der Waals surface area contributed by atoms with Gasteiger partial charge < -0.3 is 14.4 Å². The number of amides is 1. The van der Waals surface area contributed by atoms with Crippen LogP contribution in [0.4, 0.5) is 4.39 Å². The van der Waals surface area contributed by atoms with Gasteiger partial charge in [-0.05, 0) is 82.9 Å². The van der Waals surface area contributed by atoms with E-state index in [1.54, 1.807) is 12.0 Å². The maximum Gasteiger partial charge on any atom is 0.305 e. The van der Waals surface area contributed by atoms with E-state index in [9.17, 15) is 14.4 Å². The quantitative estimate of drug-likeness (QED) is 0.444. The topological polar surface area (TPSA) is 72.9 Å². The van der Waals surface area contributed by atoms with E-state index in [1.807, 2.05) is 18.2 Å². The van der Waals surface area contributed by atoms with E-state index in [0.717, 1.165) is 40.7 Å². The van der Waals surface area contributed by atoms with Crippen molar-refractivity contribution in [2.75, 3.05) is 20.8 Å². The number of hydrogen-bond donors (Lipinski definition) is 0. The van der Waals surface area contributed by atoms with Crippen LogP contribution < -0.4 is 0 Å². The molecule has 1 heterocycles. The number of Topliss-reactive ketones (excluding diaryl/α,β-unsaturated/α-hetero) is 1. The molecule has 0 aromatic heterocycles. The molecule has 3 aliphatic rings. The van der Waals surface area contributed by atoms with Crippen LogP contribution in [0.5, 0.6) is 0 Å². The van der Waals surface area contributed by atoms with Crippen LogP contribution in [0.15, 0.2) is 30.3 Å². The Hall–Kier alpha value is -3.06. The van der Waals surface area contributed by atoms with Gasteiger partial charge >= 0.3 is 5.97 Å². The van der Waals surface area contributed by atoms with E-state index in [-0.39, 0.29) is 47.1 Å². The fraction of sp³-hybridized carbons (Fsp3) is 0.531. The minimum atomic E-state index is -0.717. The lowest BCUT2D eigenvalue weighted by molar-refractivity contribution is -0.150. The van der Waals surface area contributed by atoms with Crippen molar-refractivity contribution in [3.8, 4) is 0 Å². The highest BCUT2D eigenvalue weighted by Crippen LogP contribution is 2.42. The van der Waals surface area contributed by atoms with Crippen molar-refractivity contribution < 1.29 is 28.2 Å². The highest BCUT2D eigenvalue weighted by atomic mass is 19.1. The Morgan fingerprint density at radius 3 is 2.49 bits per heavy atom. The summed E-state index contributed by atoms with van der Waals surface area (Å²) < 4.78 is 25.3. The number of ketones is 1. The molecule has 0 spiro atoms. The molecule has 1 fully saturated rings. The Bertz CT molecular complexity index is 1300. The monoisotopic (exact) mass is 535 g/mol. The van der Waals surface area contributed by atoms with Crippen LogP contribution >= 0.6 is 0 Å². The van der Waals surface area contributed by atoms with E-state index < -0.39 is 6.04 Å². The van der Waals surface area contributed by atoms with E-state index in [2.05, 4.69) is 19.9 Å². The number of hydrogen-bond acceptors (Lipinski definition) is 5. The van der Waals surface area contributed by atoms with Crippen molar-refractivity contribution in [1.82, 2.24) is 4.90 Å². The first-order valence-electron chi connectivity index (χ1n) is 13.9. The zero-order valence-corrected chi connectivity index (χ0v) is 23.3. The highest BCUT2D eigenvalue weighted by molar-refractivity contribution is 5.93. The Balaban J connectivity index is 1.40. The number of esters is 1. The fourth-order valence-corrected chi connectivity index (χ4v) is 6.83. The Morgan fingerprint density at radius 2 is 1.77 bits per heavy atom. The molecule has 5 rings (SSSR count). The van der Waals surface area contributed by atoms with Crippen molar-refractivity contribution in [2.45, 2.75) is 76.9 Å². The van der Waals surface area contributed by atoms with Crippen LogP contribution in [0, 0.1) is 17.7 Å². The molecule has 2 aliphatic carbocycles. The van der Waals surface area contributed by atoms with Crippen LogP contribution in [0.1, 0.15) is 79.0 Å². The second-order valence-electron chi connectivity index (χ2n) is 12.1. The first-order chi connectivity index (χ1) is 18.6. The first kappa shape index (κ1) is 27.5. The molecule has 2 aromatic rings. The average molecular weight is 536 g/mol. The highest BCUT2D eigenvalue weighted by Gasteiger charge is 2.43. The SMILES string of the molecule is COCc1ccc2c(c1)CCN(C(=O)C1CC(CC(=O)OC)C1)C2C(=O)Cc1cc(F)c2c(c1)CCC2(C)C. The third kappa shape index (κ3) is 5.38. The summed E-state index contributed by atoms with van der Waals surface area (Å²) in [5.41, 5.74) is 5.10. The number of aryl methyl sites for hydroxylation is 1. The molecule has 1 unspecified atom stereocenters. The number of carbonyl (C=O) groups excluding carboxylic acids is 3. The summed E-state index contributed by atoms with van der Waals surface area (Å²) in [4.78, 5) is 41.0. The van der Waals surface area contributed by atoms with Crippen molar-refractivity contribution in [3.63, 3.8) is 0 Å². The predicted molar refractivity (Wildman–Crippen MR) is 145 cm³/mol. The van der Waals surface area contributed by atoms with Gasteiger partial charge in [-0.1, -0.05) is 38.1 Å². The molecule has 7 heteroatoms. The fourth-order valence-electron chi connectivity index (χ4n) is 6.83. The number of ether oxygens (including phenoxy) is 2. The third-order valence-corrected chi connectivity index (χ3v) is 8.91. The Kier molecular flexibility index (Phi) is 7.64. The van der Waals surface area contributed by atoms with Crippen LogP contribution in [0.3, 0.4) is 0 Å². The maximum atomic E-state index is 15.2. The number of rotatable bonds is 8. The smallest absolute Gasteiger partial charge is 0.305 e. The molecular formula is C32H38FNO5. The number of benzene rings is 2. The molecule has 208 valence electrons. The lowest BCUT2D eigenvalue weighted by Gasteiger charge is -2.42. The summed E-state index contributed by atoms with van der Waals surface area (Å²) >= 11 is 0. The molecule has 0 saturated heterocycles. The summed E-state index contributed by atoms with van der Waals surface area (Å²) in [5.74, 6) is -0.724. The number of fused-ring (bicyclic) bond motifs is 2. The van der Waals surface area contributed by atoms with Crippen molar-refractivity contribution >= 4 is 17.7 Å². The van der Waals surface area contributed by atoms with Crippen molar-refractivity contribution in [2.24, 2.45) is 11.8 Å². The average Bonchev–Trinajstić information content (AvgIpc) is 3.19. The van der Waals surface area contributed by atoms with E-state index in [0.29, 0.717) is 44.4 Å². The zero-order valence-electron chi connectivity index (χ0n) is 23.3. The van der Waals surface area contributed by atoms with Gasteiger partial charge in [0.25, 0.3) is 0 Å². The largest absolute Gasteiger partial charge is 0.469 e. The summed E-state index contributed by atoms with van der Waals surface area (Å²) in [5, 5.41) is 0. The number of methoxy groups -OCH3 is 2. The minimum absolute atomic E-state index is 0.0389. The normalized spacial score (nSPS) is 23.0. The zero-order chi connectivity index (χ0) is 27.9. The van der Waals surface area contributed by atoms with Crippen LogP contribution in [-0.4, -0.2) is 43.3 Å². The Labute approximate surface area is 229 Å². The van der Waals surface area contributed by atoms with Gasteiger partial charge in [-0.25, -0.2) is 4.39 Å². The molecule has 1 saturated carbocycles. The van der Waals surface area contributed by atoms with Gasteiger partial charge in [0.15, 0.2) is 5.78 Å². The van der Waals surface area contributed by atoms with Crippen molar-refractivity contribution in [3.05, 3.63) is 69.5 Å². The standard InChI is InChI=1S/C32H38FNO5/c1-32(2)9-7-23-12-21(15-26(33)29(23)32)16-27(35)30-25-6-5-19(18-38-3)11-22(25)8-10-34(30)31(37)24-13-20(14-24)17-28(36)39-4/h5-6,11-12,15,20,24,30H,7-10,13-14,16-18H2,1-4H3. The molecule has 6 nitrogen and oxygen atoms in total. The second kappa shape index (κ2) is 10.8. The number of halogens is 1. The van der Waals surface area contributed by atoms with Gasteiger partial charge in [-0.3, -0.25) is 14.4 Å². The van der Waals surface area contributed by atoms with Crippen molar-refractivity contribution in [1.29, 1.82) is 0 Å². The molecule has 1 aliphatic heterocycles. The number of nitrogens with zero attached hydrogens (tertiary/aromatic N) is 1. The van der Waals surface area contributed by atoms with Gasteiger partial charge in [0.1, 0.15) is 11.9 Å². The van der Waals surface area contributed by atoms with E-state index >= 15 is 4.39 Å². The van der Waals surface area contributed by atoms with Crippen LogP contribution in [0.2, 0.25) is 0 Å². The molecule has 0 bridgehead atoms. The molecule has 0 N–H and O–H groups in total. The molecule has 39 heavy (non-hydrogen) atoms. The van der Waals surface area contributed by atoms with E-state index in [1.165, 1.54) is 13.2 Å². The lowest BCUT2D eigenvalue weighted by atomic mass is 9.72. The van der Waals surface area contributed by atoms with E-state index in [4.69, 9.17) is 9.47 Å². The maximum absolute atomic E-state index is 15.2. The lowest BCUT2D eigenvalue weighted by Crippen LogP contribution is -2.49. The van der Waals surface area contributed by atoms with Gasteiger partial charge in [0, 0.05) is 32.4 Å². The second-order valence-corrected chi connectivity index (χ2v) is 12.1. The molecule has 1 atom stereocenters. The summed E-state index contributed by atoms with van der Waals surface area (Å²) in [6.45, 7) is 5.04. The van der Waals surface area contributed by atoms with Gasteiger partial charge in [0.05, 0.1) is 13.7 Å². The predicted octanol–water partition coefficient (Wildman–Crippen LogP) is 5.02. The summed E-state index contributed by atoms with van der Waals surface area (Å²) in [7, 11) is 3.02. The molecule has 2 aromatic carbocycles.